The van der Waals surface area contributed by atoms with E-state index in [1.807, 2.05) is 0 Å². The van der Waals surface area contributed by atoms with Crippen molar-refractivity contribution in [3.63, 3.8) is 0 Å². The van der Waals surface area contributed by atoms with E-state index in [1.54, 1.807) is 0 Å². The van der Waals surface area contributed by atoms with Crippen LogP contribution < -0.4 is 5.32 Å². The van der Waals surface area contributed by atoms with Crippen LogP contribution in [0.1, 0.15) is 5.56 Å². The van der Waals surface area contributed by atoms with Crippen LogP contribution in [0, 0.1) is 0 Å². The van der Waals surface area contributed by atoms with Crippen LogP contribution in [0.25, 0.3) is 10.9 Å². The third kappa shape index (κ3) is 0.644. The molecule has 2 aromatic rings. The lowest BCUT2D eigenvalue weighted by atomic mass is 10.1. The van der Waals surface area contributed by atoms with E-state index in [0.717, 1.165) is 13.0 Å². The van der Waals surface area contributed by atoms with E-state index < -0.39 is 0 Å². The molecule has 0 fully saturated rings. The minimum absolute atomic E-state index is 1.08. The van der Waals surface area contributed by atoms with Gasteiger partial charge in [0.05, 0.1) is 0 Å². The number of benzene rings is 1. The van der Waals surface area contributed by atoms with Gasteiger partial charge >= 0.3 is 0 Å². The van der Waals surface area contributed by atoms with Gasteiger partial charge in [-0.05, 0) is 12.5 Å². The predicted molar refractivity (Wildman–Crippen MR) is 50.5 cm³/mol. The topological polar surface area (TPSA) is 27.8 Å². The molecule has 3 rings (SSSR count). The SMILES string of the molecule is c1ccc2c3c([nH]c2c1)NCC3. The number of aromatic nitrogens is 1. The lowest BCUT2D eigenvalue weighted by Crippen LogP contribution is -1.93. The zero-order valence-corrected chi connectivity index (χ0v) is 6.72. The highest BCUT2D eigenvalue weighted by Gasteiger charge is 2.14. The smallest absolute Gasteiger partial charge is 0.107 e. The van der Waals surface area contributed by atoms with Crippen molar-refractivity contribution >= 4 is 16.7 Å². The number of hydrogen-bond acceptors (Lipinski definition) is 1. The lowest BCUT2D eigenvalue weighted by molar-refractivity contribution is 1.11. The first-order valence-corrected chi connectivity index (χ1v) is 4.28. The van der Waals surface area contributed by atoms with Crippen LogP contribution in [0.3, 0.4) is 0 Å². The molecule has 2 N–H and O–H groups in total. The van der Waals surface area contributed by atoms with Crippen molar-refractivity contribution in [2.45, 2.75) is 6.42 Å². The summed E-state index contributed by atoms with van der Waals surface area (Å²) >= 11 is 0. The summed E-state index contributed by atoms with van der Waals surface area (Å²) in [6.07, 6.45) is 1.15. The molecule has 1 aliphatic rings. The molecule has 0 amide bonds. The van der Waals surface area contributed by atoms with Crippen LogP contribution in [-0.4, -0.2) is 11.5 Å². The first-order chi connectivity index (χ1) is 5.95. The number of rotatable bonds is 0. The Bertz CT molecular complexity index is 428. The van der Waals surface area contributed by atoms with Gasteiger partial charge in [-0.3, -0.25) is 0 Å². The van der Waals surface area contributed by atoms with Gasteiger partial charge in [-0.2, -0.15) is 0 Å². The van der Waals surface area contributed by atoms with E-state index in [4.69, 9.17) is 0 Å². The van der Waals surface area contributed by atoms with Crippen molar-refractivity contribution in [3.8, 4) is 0 Å². The molecule has 0 unspecified atom stereocenters. The van der Waals surface area contributed by atoms with Gasteiger partial charge in [0, 0.05) is 23.0 Å². The fourth-order valence-corrected chi connectivity index (χ4v) is 1.92. The van der Waals surface area contributed by atoms with Crippen molar-refractivity contribution < 1.29 is 0 Å². The summed E-state index contributed by atoms with van der Waals surface area (Å²) in [6.45, 7) is 1.08. The molecule has 1 aliphatic heterocycles. The number of aromatic amines is 1. The molecule has 0 radical (unpaired) electrons. The predicted octanol–water partition coefficient (Wildman–Crippen LogP) is 2.14. The summed E-state index contributed by atoms with van der Waals surface area (Å²) in [6, 6.07) is 8.45. The molecule has 0 bridgehead atoms. The number of hydrogen-bond donors (Lipinski definition) is 2. The second-order valence-electron chi connectivity index (χ2n) is 3.20. The van der Waals surface area contributed by atoms with E-state index in [0.29, 0.717) is 0 Å². The highest BCUT2D eigenvalue weighted by molar-refractivity contribution is 5.89. The Balaban J connectivity index is 2.44. The van der Waals surface area contributed by atoms with E-state index in [2.05, 4.69) is 34.6 Å². The first-order valence-electron chi connectivity index (χ1n) is 4.28. The Hall–Kier alpha value is -1.44. The summed E-state index contributed by atoms with van der Waals surface area (Å²) in [5.41, 5.74) is 2.69. The van der Waals surface area contributed by atoms with Gasteiger partial charge in [-0.25, -0.2) is 0 Å². The highest BCUT2D eigenvalue weighted by atomic mass is 15.0. The van der Waals surface area contributed by atoms with Gasteiger partial charge < -0.3 is 10.3 Å². The molecule has 12 heavy (non-hydrogen) atoms. The molecule has 2 nitrogen and oxygen atoms in total. The van der Waals surface area contributed by atoms with Gasteiger partial charge in [-0.15, -0.1) is 0 Å². The van der Waals surface area contributed by atoms with Crippen LogP contribution in [0.15, 0.2) is 24.3 Å². The van der Waals surface area contributed by atoms with Gasteiger partial charge in [-0.1, -0.05) is 18.2 Å². The lowest BCUT2D eigenvalue weighted by Gasteiger charge is -1.91. The van der Waals surface area contributed by atoms with E-state index >= 15 is 0 Å². The number of para-hydroxylation sites is 1. The van der Waals surface area contributed by atoms with Gasteiger partial charge in [0.25, 0.3) is 0 Å². The minimum atomic E-state index is 1.08. The van der Waals surface area contributed by atoms with Crippen molar-refractivity contribution in [1.82, 2.24) is 4.98 Å². The molecular weight excluding hydrogens is 148 g/mol. The minimum Gasteiger partial charge on any atom is -0.371 e. The van der Waals surface area contributed by atoms with E-state index in [1.165, 1.54) is 22.3 Å². The molecular formula is C10H10N2. The molecule has 2 heterocycles. The quantitative estimate of drug-likeness (QED) is 0.604. The molecule has 1 aromatic heterocycles. The van der Waals surface area contributed by atoms with E-state index in [-0.39, 0.29) is 0 Å². The Morgan fingerprint density at radius 3 is 3.08 bits per heavy atom. The van der Waals surface area contributed by atoms with Crippen molar-refractivity contribution in [3.05, 3.63) is 29.8 Å². The van der Waals surface area contributed by atoms with Gasteiger partial charge in [0.15, 0.2) is 0 Å². The highest BCUT2D eigenvalue weighted by Crippen LogP contribution is 2.29. The Labute approximate surface area is 70.6 Å². The van der Waals surface area contributed by atoms with Crippen LogP contribution in [0.5, 0.6) is 0 Å². The third-order valence-corrected chi connectivity index (χ3v) is 2.49. The summed E-state index contributed by atoms with van der Waals surface area (Å²) < 4.78 is 0. The Kier molecular flexibility index (Phi) is 1.04. The van der Waals surface area contributed by atoms with Crippen molar-refractivity contribution in [1.29, 1.82) is 0 Å². The maximum absolute atomic E-state index is 3.36. The van der Waals surface area contributed by atoms with Crippen LogP contribution in [-0.2, 0) is 6.42 Å². The normalized spacial score (nSPS) is 14.7. The third-order valence-electron chi connectivity index (χ3n) is 2.49. The van der Waals surface area contributed by atoms with Gasteiger partial charge in [0.1, 0.15) is 5.82 Å². The van der Waals surface area contributed by atoms with E-state index in [9.17, 15) is 0 Å². The molecule has 0 spiro atoms. The van der Waals surface area contributed by atoms with Crippen LogP contribution in [0.2, 0.25) is 0 Å². The largest absolute Gasteiger partial charge is 0.371 e. The molecule has 0 saturated carbocycles. The van der Waals surface area contributed by atoms with Crippen molar-refractivity contribution in [2.75, 3.05) is 11.9 Å². The Morgan fingerprint density at radius 1 is 1.17 bits per heavy atom. The molecule has 0 saturated heterocycles. The van der Waals surface area contributed by atoms with Crippen LogP contribution >= 0.6 is 0 Å². The average molecular weight is 158 g/mol. The summed E-state index contributed by atoms with van der Waals surface area (Å²) in [5, 5.41) is 4.71. The number of H-pyrrole nitrogens is 1. The number of fused-ring (bicyclic) bond motifs is 3. The number of anilines is 1. The zero-order chi connectivity index (χ0) is 7.97. The maximum Gasteiger partial charge on any atom is 0.107 e. The number of nitrogens with one attached hydrogen (secondary N) is 2. The molecule has 1 aromatic carbocycles. The summed E-state index contributed by atoms with van der Waals surface area (Å²) in [4.78, 5) is 3.36. The standard InChI is InChI=1S/C10H10N2/c1-2-4-9-7(3-1)8-5-6-11-10(8)12-9/h1-4,11-12H,5-6H2. The Morgan fingerprint density at radius 2 is 2.08 bits per heavy atom. The molecule has 2 heteroatoms. The fourth-order valence-electron chi connectivity index (χ4n) is 1.92. The maximum atomic E-state index is 3.36. The second-order valence-corrected chi connectivity index (χ2v) is 3.20. The average Bonchev–Trinajstić information content (AvgIpc) is 2.62. The fraction of sp³-hybridized carbons (Fsp3) is 0.200. The van der Waals surface area contributed by atoms with Crippen molar-refractivity contribution in [2.24, 2.45) is 0 Å². The monoisotopic (exact) mass is 158 g/mol. The van der Waals surface area contributed by atoms with Crippen LogP contribution in [0.4, 0.5) is 5.82 Å². The molecule has 0 atom stereocenters. The zero-order valence-electron chi connectivity index (χ0n) is 6.72. The summed E-state index contributed by atoms with van der Waals surface area (Å²) in [5.74, 6) is 1.22. The molecule has 60 valence electrons. The molecule has 0 aliphatic carbocycles. The summed E-state index contributed by atoms with van der Waals surface area (Å²) in [7, 11) is 0. The first kappa shape index (κ1) is 6.12. The second kappa shape index (κ2) is 2.03. The van der Waals surface area contributed by atoms with Gasteiger partial charge in [0.2, 0.25) is 0 Å².